The van der Waals surface area contributed by atoms with Crippen LogP contribution in [-0.2, 0) is 10.0 Å². The molecule has 6 nitrogen and oxygen atoms in total. The molecule has 1 atom stereocenters. The Morgan fingerprint density at radius 2 is 1.71 bits per heavy atom. The van der Waals surface area contributed by atoms with Crippen LogP contribution in [0, 0.1) is 6.92 Å². The number of nitrogens with one attached hydrogen (secondary N) is 1. The summed E-state index contributed by atoms with van der Waals surface area (Å²) in [5.41, 5.74) is 1.67. The van der Waals surface area contributed by atoms with Crippen LogP contribution in [0.2, 0.25) is 5.02 Å². The molecule has 1 fully saturated rings. The number of carbonyl (C=O) groups is 1. The van der Waals surface area contributed by atoms with Gasteiger partial charge in [0.2, 0.25) is 10.0 Å². The van der Waals surface area contributed by atoms with Gasteiger partial charge in [0, 0.05) is 24.2 Å². The fourth-order valence-electron chi connectivity index (χ4n) is 3.79. The molecule has 1 amide bonds. The van der Waals surface area contributed by atoms with Crippen molar-refractivity contribution in [2.24, 2.45) is 0 Å². The number of carbonyl (C=O) groups excluding carboxylic acids is 1. The van der Waals surface area contributed by atoms with E-state index in [0.717, 1.165) is 24.0 Å². The molecule has 1 N–H and O–H groups in total. The molecule has 4 rings (SSSR count). The molecule has 0 radical (unpaired) electrons. The van der Waals surface area contributed by atoms with Crippen molar-refractivity contribution in [3.05, 3.63) is 88.3 Å². The van der Waals surface area contributed by atoms with Gasteiger partial charge in [0.25, 0.3) is 5.91 Å². The first-order valence-electron chi connectivity index (χ1n) is 10.1. The zero-order valence-electron chi connectivity index (χ0n) is 17.0. The van der Waals surface area contributed by atoms with Crippen LogP contribution in [0.1, 0.15) is 46.3 Å². The van der Waals surface area contributed by atoms with Gasteiger partial charge in [-0.3, -0.25) is 4.79 Å². The van der Waals surface area contributed by atoms with Crippen molar-refractivity contribution >= 4 is 27.5 Å². The summed E-state index contributed by atoms with van der Waals surface area (Å²) in [5.74, 6) is -0.339. The van der Waals surface area contributed by atoms with E-state index < -0.39 is 22.0 Å². The second-order valence-corrected chi connectivity index (χ2v) is 9.86. The van der Waals surface area contributed by atoms with Gasteiger partial charge in [0.05, 0.1) is 6.04 Å². The largest absolute Gasteiger partial charge is 0.455 e. The molecule has 0 spiro atoms. The van der Waals surface area contributed by atoms with Gasteiger partial charge in [-0.25, -0.2) is 8.42 Å². The molecular formula is C23H23ClN2O4S. The van der Waals surface area contributed by atoms with Crippen LogP contribution in [-0.4, -0.2) is 31.7 Å². The maximum Gasteiger partial charge on any atom is 0.287 e. The first kappa shape index (κ1) is 21.6. The van der Waals surface area contributed by atoms with Gasteiger partial charge < -0.3 is 9.73 Å². The van der Waals surface area contributed by atoms with Crippen LogP contribution in [0.25, 0.3) is 0 Å². The zero-order chi connectivity index (χ0) is 22.0. The molecule has 1 unspecified atom stereocenters. The molecule has 1 aromatic heterocycles. The lowest BCUT2D eigenvalue weighted by atomic mass is 9.98. The first-order chi connectivity index (χ1) is 14.9. The summed E-state index contributed by atoms with van der Waals surface area (Å²) >= 11 is 6.16. The van der Waals surface area contributed by atoms with Crippen molar-refractivity contribution in [3.63, 3.8) is 0 Å². The van der Waals surface area contributed by atoms with Crippen LogP contribution < -0.4 is 5.32 Å². The molecule has 3 aromatic rings. The topological polar surface area (TPSA) is 79.6 Å². The van der Waals surface area contributed by atoms with Gasteiger partial charge in [-0.05, 0) is 43.0 Å². The van der Waals surface area contributed by atoms with Crippen molar-refractivity contribution in [2.45, 2.75) is 30.7 Å². The van der Waals surface area contributed by atoms with Crippen molar-refractivity contribution in [2.75, 3.05) is 13.1 Å². The molecule has 1 aliphatic rings. The van der Waals surface area contributed by atoms with E-state index in [1.807, 2.05) is 42.5 Å². The summed E-state index contributed by atoms with van der Waals surface area (Å²) in [4.78, 5) is 13.1. The third-order valence-corrected chi connectivity index (χ3v) is 7.61. The Morgan fingerprint density at radius 3 is 2.39 bits per heavy atom. The SMILES string of the molecule is Cc1oc(C(=O)NC(c2ccccc2)c2cccc(Cl)c2)cc1S(=O)(=O)N1CCCC1. The highest BCUT2D eigenvalue weighted by atomic mass is 35.5. The summed E-state index contributed by atoms with van der Waals surface area (Å²) in [5, 5.41) is 3.51. The molecule has 8 heteroatoms. The lowest BCUT2D eigenvalue weighted by Crippen LogP contribution is -2.29. The highest BCUT2D eigenvalue weighted by molar-refractivity contribution is 7.89. The van der Waals surface area contributed by atoms with Gasteiger partial charge in [-0.15, -0.1) is 0 Å². The van der Waals surface area contributed by atoms with Gasteiger partial charge >= 0.3 is 0 Å². The monoisotopic (exact) mass is 458 g/mol. The summed E-state index contributed by atoms with van der Waals surface area (Å²) < 4.78 is 32.8. The van der Waals surface area contributed by atoms with Crippen molar-refractivity contribution < 1.29 is 17.6 Å². The average molecular weight is 459 g/mol. The molecule has 0 saturated carbocycles. The third-order valence-electron chi connectivity index (χ3n) is 5.37. The van der Waals surface area contributed by atoms with Crippen LogP contribution in [0.15, 0.2) is 70.0 Å². The fraction of sp³-hybridized carbons (Fsp3) is 0.261. The molecule has 2 heterocycles. The Labute approximate surface area is 186 Å². The van der Waals surface area contributed by atoms with Gasteiger partial charge in [0.15, 0.2) is 5.76 Å². The van der Waals surface area contributed by atoms with E-state index in [1.165, 1.54) is 10.4 Å². The highest BCUT2D eigenvalue weighted by Crippen LogP contribution is 2.28. The minimum Gasteiger partial charge on any atom is -0.455 e. The van der Waals surface area contributed by atoms with Crippen LogP contribution >= 0.6 is 11.6 Å². The average Bonchev–Trinajstić information content (AvgIpc) is 3.43. The molecule has 162 valence electrons. The van der Waals surface area contributed by atoms with E-state index in [2.05, 4.69) is 5.32 Å². The smallest absolute Gasteiger partial charge is 0.287 e. The van der Waals surface area contributed by atoms with Crippen molar-refractivity contribution in [1.29, 1.82) is 0 Å². The molecular weight excluding hydrogens is 436 g/mol. The second-order valence-electron chi connectivity index (χ2n) is 7.51. The predicted molar refractivity (Wildman–Crippen MR) is 119 cm³/mol. The van der Waals surface area contributed by atoms with Crippen LogP contribution in [0.4, 0.5) is 0 Å². The number of halogens is 1. The van der Waals surface area contributed by atoms with E-state index in [0.29, 0.717) is 18.1 Å². The van der Waals surface area contributed by atoms with E-state index in [9.17, 15) is 13.2 Å². The number of benzene rings is 2. The Bertz CT molecular complexity index is 1190. The number of hydrogen-bond acceptors (Lipinski definition) is 4. The number of nitrogens with zero attached hydrogens (tertiary/aromatic N) is 1. The van der Waals surface area contributed by atoms with Crippen molar-refractivity contribution in [1.82, 2.24) is 9.62 Å². The third kappa shape index (κ3) is 4.54. The number of aryl methyl sites for hydroxylation is 1. The van der Waals surface area contributed by atoms with Crippen LogP contribution in [0.5, 0.6) is 0 Å². The number of furan rings is 1. The zero-order valence-corrected chi connectivity index (χ0v) is 18.6. The normalized spacial score (nSPS) is 15.7. The molecule has 1 saturated heterocycles. The number of rotatable bonds is 6. The molecule has 31 heavy (non-hydrogen) atoms. The number of hydrogen-bond donors (Lipinski definition) is 1. The minimum absolute atomic E-state index is 0.0403. The van der Waals surface area contributed by atoms with Crippen molar-refractivity contribution in [3.8, 4) is 0 Å². The standard InChI is InChI=1S/C23H23ClN2O4S/c1-16-21(31(28,29)26-12-5-6-13-26)15-20(30-16)23(27)25-22(17-8-3-2-4-9-17)18-10-7-11-19(24)14-18/h2-4,7-11,14-15,22H,5-6,12-13H2,1H3,(H,25,27). The molecule has 0 bridgehead atoms. The number of amides is 1. The summed E-state index contributed by atoms with van der Waals surface area (Å²) in [6.45, 7) is 2.53. The van der Waals surface area contributed by atoms with Crippen LogP contribution in [0.3, 0.4) is 0 Å². The van der Waals surface area contributed by atoms with E-state index in [-0.39, 0.29) is 16.4 Å². The lowest BCUT2D eigenvalue weighted by Gasteiger charge is -2.19. The Kier molecular flexibility index (Phi) is 6.18. The lowest BCUT2D eigenvalue weighted by molar-refractivity contribution is 0.0913. The molecule has 1 aliphatic heterocycles. The van der Waals surface area contributed by atoms with E-state index in [1.54, 1.807) is 19.1 Å². The minimum atomic E-state index is -3.68. The Balaban J connectivity index is 1.64. The summed E-state index contributed by atoms with van der Waals surface area (Å²) in [6, 6.07) is 17.6. The van der Waals surface area contributed by atoms with Gasteiger partial charge in [0.1, 0.15) is 10.7 Å². The maximum absolute atomic E-state index is 13.1. The Hall–Kier alpha value is -2.61. The van der Waals surface area contributed by atoms with E-state index >= 15 is 0 Å². The Morgan fingerprint density at radius 1 is 1.03 bits per heavy atom. The fourth-order valence-corrected chi connectivity index (χ4v) is 5.67. The first-order valence-corrected chi connectivity index (χ1v) is 11.9. The number of sulfonamides is 1. The maximum atomic E-state index is 13.1. The van der Waals surface area contributed by atoms with Gasteiger partial charge in [-0.1, -0.05) is 54.1 Å². The molecule has 0 aliphatic carbocycles. The second kappa shape index (κ2) is 8.86. The summed E-state index contributed by atoms with van der Waals surface area (Å²) in [6.07, 6.45) is 1.67. The molecule has 2 aromatic carbocycles. The van der Waals surface area contributed by atoms with Gasteiger partial charge in [-0.2, -0.15) is 4.31 Å². The highest BCUT2D eigenvalue weighted by Gasteiger charge is 2.32. The predicted octanol–water partition coefficient (Wildman–Crippen LogP) is 4.55. The quantitative estimate of drug-likeness (QED) is 0.587. The summed E-state index contributed by atoms with van der Waals surface area (Å²) in [7, 11) is -3.68. The van der Waals surface area contributed by atoms with E-state index in [4.69, 9.17) is 16.0 Å².